The van der Waals surface area contributed by atoms with Crippen LogP contribution in [-0.2, 0) is 14.8 Å². The Bertz CT molecular complexity index is 521. The Morgan fingerprint density at radius 2 is 2.11 bits per heavy atom. The Kier molecular flexibility index (Phi) is 4.53. The molecule has 7 heteroatoms. The number of carbonyl (C=O) groups is 1. The molecule has 0 aliphatic carbocycles. The molecule has 1 amide bonds. The third kappa shape index (κ3) is 4.15. The van der Waals surface area contributed by atoms with Gasteiger partial charge in [-0.15, -0.1) is 0 Å². The zero-order valence-corrected chi connectivity index (χ0v) is 11.7. The Balaban J connectivity index is 2.55. The van der Waals surface area contributed by atoms with Gasteiger partial charge >= 0.3 is 0 Å². The molecule has 1 rings (SSSR count). The third-order valence-corrected chi connectivity index (χ3v) is 3.76. The van der Waals surface area contributed by atoms with Crippen molar-refractivity contribution in [3.63, 3.8) is 0 Å². The van der Waals surface area contributed by atoms with Gasteiger partial charge < -0.3 is 9.73 Å². The van der Waals surface area contributed by atoms with Gasteiger partial charge in [-0.2, -0.15) is 4.31 Å². The Morgan fingerprint density at radius 1 is 1.50 bits per heavy atom. The van der Waals surface area contributed by atoms with E-state index < -0.39 is 10.0 Å². The molecule has 1 aromatic heterocycles. The molecule has 1 N–H and O–H groups in total. The highest BCUT2D eigenvalue weighted by Gasteiger charge is 2.18. The average molecular weight is 274 g/mol. The van der Waals surface area contributed by atoms with Crippen LogP contribution in [0.25, 0.3) is 0 Å². The highest BCUT2D eigenvalue weighted by Crippen LogP contribution is 2.15. The van der Waals surface area contributed by atoms with Gasteiger partial charge in [-0.25, -0.2) is 8.42 Å². The molecule has 0 aliphatic heterocycles. The van der Waals surface area contributed by atoms with E-state index in [0.29, 0.717) is 5.76 Å². The zero-order chi connectivity index (χ0) is 13.9. The van der Waals surface area contributed by atoms with Crippen molar-refractivity contribution in [1.82, 2.24) is 9.62 Å². The molecule has 102 valence electrons. The molecule has 0 bridgehead atoms. The first-order chi connectivity index (χ1) is 8.20. The summed E-state index contributed by atoms with van der Waals surface area (Å²) in [5.74, 6) is 1.03. The van der Waals surface area contributed by atoms with Crippen LogP contribution in [0.1, 0.15) is 24.5 Å². The lowest BCUT2D eigenvalue weighted by molar-refractivity contribution is -0.121. The molecule has 18 heavy (non-hydrogen) atoms. The molecular formula is C11H18N2O4S. The van der Waals surface area contributed by atoms with Crippen molar-refractivity contribution >= 4 is 15.9 Å². The summed E-state index contributed by atoms with van der Waals surface area (Å²) in [7, 11) is -1.99. The molecule has 6 nitrogen and oxygen atoms in total. The van der Waals surface area contributed by atoms with Gasteiger partial charge in [0.25, 0.3) is 0 Å². The van der Waals surface area contributed by atoms with Crippen molar-refractivity contribution in [1.29, 1.82) is 0 Å². The van der Waals surface area contributed by atoms with Gasteiger partial charge in [-0.3, -0.25) is 4.79 Å². The van der Waals surface area contributed by atoms with Gasteiger partial charge in [0, 0.05) is 7.05 Å². The molecule has 1 aromatic rings. The fourth-order valence-corrected chi connectivity index (χ4v) is 1.72. The molecule has 0 radical (unpaired) electrons. The molecule has 0 aromatic carbocycles. The van der Waals surface area contributed by atoms with Gasteiger partial charge in [0.1, 0.15) is 11.5 Å². The van der Waals surface area contributed by atoms with E-state index in [1.54, 1.807) is 19.1 Å². The summed E-state index contributed by atoms with van der Waals surface area (Å²) in [5, 5.41) is 2.67. The van der Waals surface area contributed by atoms with Crippen LogP contribution in [0.3, 0.4) is 0 Å². The molecule has 0 unspecified atom stereocenters. The fraction of sp³-hybridized carbons (Fsp3) is 0.545. The zero-order valence-electron chi connectivity index (χ0n) is 10.9. The second-order valence-electron chi connectivity index (χ2n) is 4.26. The highest BCUT2D eigenvalue weighted by atomic mass is 32.2. The second-order valence-corrected chi connectivity index (χ2v) is 6.35. The van der Waals surface area contributed by atoms with Crippen LogP contribution in [0.2, 0.25) is 0 Å². The van der Waals surface area contributed by atoms with Crippen molar-refractivity contribution in [2.24, 2.45) is 0 Å². The maximum absolute atomic E-state index is 11.6. The lowest BCUT2D eigenvalue weighted by Gasteiger charge is -2.16. The molecule has 0 spiro atoms. The molecule has 0 aliphatic rings. The van der Waals surface area contributed by atoms with E-state index in [9.17, 15) is 13.2 Å². The molecule has 0 fully saturated rings. The van der Waals surface area contributed by atoms with E-state index in [0.717, 1.165) is 16.3 Å². The number of nitrogens with one attached hydrogen (secondary N) is 1. The van der Waals surface area contributed by atoms with Gasteiger partial charge in [0.05, 0.1) is 18.8 Å². The summed E-state index contributed by atoms with van der Waals surface area (Å²) in [5.41, 5.74) is 0. The lowest BCUT2D eigenvalue weighted by Crippen LogP contribution is -2.38. The van der Waals surface area contributed by atoms with Crippen molar-refractivity contribution in [2.45, 2.75) is 19.9 Å². The van der Waals surface area contributed by atoms with E-state index >= 15 is 0 Å². The van der Waals surface area contributed by atoms with Crippen LogP contribution in [0.5, 0.6) is 0 Å². The van der Waals surface area contributed by atoms with Crippen LogP contribution in [0, 0.1) is 6.92 Å². The van der Waals surface area contributed by atoms with E-state index in [1.807, 2.05) is 6.92 Å². The summed E-state index contributed by atoms with van der Waals surface area (Å²) < 4.78 is 28.7. The van der Waals surface area contributed by atoms with Crippen LogP contribution < -0.4 is 5.32 Å². The first kappa shape index (κ1) is 14.7. The van der Waals surface area contributed by atoms with Crippen molar-refractivity contribution in [3.05, 3.63) is 23.7 Å². The fourth-order valence-electron chi connectivity index (χ4n) is 1.36. The predicted molar refractivity (Wildman–Crippen MR) is 67.5 cm³/mol. The molecule has 1 atom stereocenters. The van der Waals surface area contributed by atoms with Crippen LogP contribution in [0.4, 0.5) is 0 Å². The molecule has 0 saturated heterocycles. The minimum Gasteiger partial charge on any atom is -0.464 e. The summed E-state index contributed by atoms with van der Waals surface area (Å²) in [6, 6.07) is 3.29. The number of nitrogens with zero attached hydrogens (tertiary/aromatic N) is 1. The summed E-state index contributed by atoms with van der Waals surface area (Å²) >= 11 is 0. The van der Waals surface area contributed by atoms with E-state index in [1.165, 1.54) is 7.05 Å². The van der Waals surface area contributed by atoms with Crippen LogP contribution in [0.15, 0.2) is 16.5 Å². The van der Waals surface area contributed by atoms with Crippen molar-refractivity contribution in [2.75, 3.05) is 19.8 Å². The average Bonchev–Trinajstić information content (AvgIpc) is 2.63. The lowest BCUT2D eigenvalue weighted by atomic mass is 10.2. The first-order valence-corrected chi connectivity index (χ1v) is 7.32. The number of carbonyl (C=O) groups excluding carboxylic acids is 1. The topological polar surface area (TPSA) is 79.6 Å². The van der Waals surface area contributed by atoms with Gasteiger partial charge in [-0.1, -0.05) is 0 Å². The van der Waals surface area contributed by atoms with Crippen LogP contribution >= 0.6 is 0 Å². The van der Waals surface area contributed by atoms with Gasteiger partial charge in [0.15, 0.2) is 0 Å². The number of aryl methyl sites for hydroxylation is 1. The minimum atomic E-state index is -3.35. The van der Waals surface area contributed by atoms with Gasteiger partial charge in [0.2, 0.25) is 15.9 Å². The smallest absolute Gasteiger partial charge is 0.235 e. The van der Waals surface area contributed by atoms with Crippen molar-refractivity contribution in [3.8, 4) is 0 Å². The largest absolute Gasteiger partial charge is 0.464 e. The van der Waals surface area contributed by atoms with Crippen LogP contribution in [-0.4, -0.2) is 38.5 Å². The van der Waals surface area contributed by atoms with E-state index in [4.69, 9.17) is 4.42 Å². The number of hydrogen-bond acceptors (Lipinski definition) is 4. The monoisotopic (exact) mass is 274 g/mol. The third-order valence-electron chi connectivity index (χ3n) is 2.50. The number of furan rings is 1. The van der Waals surface area contributed by atoms with E-state index in [2.05, 4.69) is 5.32 Å². The second kappa shape index (κ2) is 5.53. The molecule has 0 saturated carbocycles. The number of rotatable bonds is 5. The number of sulfonamides is 1. The summed E-state index contributed by atoms with van der Waals surface area (Å²) in [4.78, 5) is 11.6. The first-order valence-electron chi connectivity index (χ1n) is 5.47. The standard InChI is InChI=1S/C11H18N2O4S/c1-8-5-6-10(17-8)9(2)12-11(14)7-13(3)18(4,15)16/h5-6,9H,7H2,1-4H3,(H,12,14)/t9-/m1/s1. The maximum Gasteiger partial charge on any atom is 0.235 e. The number of hydrogen-bond donors (Lipinski definition) is 1. The van der Waals surface area contributed by atoms with Gasteiger partial charge in [-0.05, 0) is 26.0 Å². The Hall–Kier alpha value is -1.34. The normalized spacial score (nSPS) is 13.6. The Labute approximate surface area is 107 Å². The predicted octanol–water partition coefficient (Wildman–Crippen LogP) is 0.657. The minimum absolute atomic E-state index is 0.205. The maximum atomic E-state index is 11.6. The summed E-state index contributed by atoms with van der Waals surface area (Å²) in [6.07, 6.45) is 1.06. The number of amides is 1. The van der Waals surface area contributed by atoms with Crippen molar-refractivity contribution < 1.29 is 17.6 Å². The SMILES string of the molecule is Cc1ccc([C@@H](C)NC(=O)CN(C)S(C)(=O)=O)o1. The summed E-state index contributed by atoms with van der Waals surface area (Å²) in [6.45, 7) is 3.38. The Morgan fingerprint density at radius 3 is 2.56 bits per heavy atom. The molecule has 1 heterocycles. The van der Waals surface area contributed by atoms with E-state index in [-0.39, 0.29) is 18.5 Å². The number of likely N-dealkylation sites (N-methyl/N-ethyl adjacent to an activating group) is 1. The highest BCUT2D eigenvalue weighted by molar-refractivity contribution is 7.88. The molecular weight excluding hydrogens is 256 g/mol. The quantitative estimate of drug-likeness (QED) is 0.855.